The molecule has 3 N–H and O–H groups in total. The highest BCUT2D eigenvalue weighted by Crippen LogP contribution is 2.34. The van der Waals surface area contributed by atoms with Crippen molar-refractivity contribution in [2.45, 2.75) is 26.3 Å². The number of halogens is 3. The van der Waals surface area contributed by atoms with Crippen molar-refractivity contribution >= 4 is 41.0 Å². The average molecular weight is 837 g/mol. The van der Waals surface area contributed by atoms with Crippen LogP contribution in [0.3, 0.4) is 0 Å². The Hall–Kier alpha value is -5.23. The molecule has 18 heteroatoms. The van der Waals surface area contributed by atoms with Gasteiger partial charge in [0.1, 0.15) is 0 Å². The number of likely N-dealkylation sites (tertiary alicyclic amines) is 1. The Morgan fingerprint density at radius 1 is 1.00 bits per heavy atom. The van der Waals surface area contributed by atoms with Crippen LogP contribution in [0.2, 0.25) is 5.02 Å². The lowest BCUT2D eigenvalue weighted by molar-refractivity contribution is -0.929. The Morgan fingerprint density at radius 2 is 1.68 bits per heavy atom. The average Bonchev–Trinajstić information content (AvgIpc) is 3.77. The third kappa shape index (κ3) is 8.88. The molecule has 0 bridgehead atoms. The van der Waals surface area contributed by atoms with E-state index in [4.69, 9.17) is 16.3 Å². The lowest BCUT2D eigenvalue weighted by atomic mass is 9.90. The molecular weight excluding hydrogens is 788 g/mol. The number of carboxylic acid groups (broad SMARTS) is 1. The van der Waals surface area contributed by atoms with Gasteiger partial charge in [0.25, 0.3) is 11.8 Å². The van der Waals surface area contributed by atoms with Gasteiger partial charge >= 0.3 is 5.97 Å². The fourth-order valence-corrected chi connectivity index (χ4v) is 8.76. The molecule has 0 atom stereocenters. The Labute approximate surface area is 345 Å². The number of carboxylic acids is 1. The molecule has 2 aromatic carbocycles. The normalized spacial score (nSPS) is 19.7. The molecule has 3 fully saturated rings. The first-order valence-electron chi connectivity index (χ1n) is 19.8. The van der Waals surface area contributed by atoms with Crippen molar-refractivity contribution < 1.29 is 42.3 Å². The second-order valence-corrected chi connectivity index (χ2v) is 16.2. The Kier molecular flexibility index (Phi) is 12.5. The number of hydrogen-bond donors (Lipinski definition) is 3. The molecule has 4 aromatic rings. The van der Waals surface area contributed by atoms with Crippen molar-refractivity contribution in [2.24, 2.45) is 18.9 Å². The number of benzene rings is 2. The molecule has 2 aromatic heterocycles. The highest BCUT2D eigenvalue weighted by atomic mass is 35.5. The maximum Gasteiger partial charge on any atom is 0.359 e. The number of methoxy groups -OCH3 is 1. The summed E-state index contributed by atoms with van der Waals surface area (Å²) in [4.78, 5) is 59.7. The standard InChI is InChI=1S/C41H48ClF2N9O6/c1-25-32(22-52(48-25)14-17-59-3)29-6-7-31(37(44)36(29)43)34-21-46-38(49(34)2)39(56)47-28-4-5-30(33(42)18-28)41(58)51-12-10-50(11-13-51)40(57)27-8-15-53(16-9-27,24-35(54)55)23-26-19-45-20-26/h4-7,18,21-22,26-27,45H,8-17,19-20,23-24H2,1-3H3,(H-,47,54,55,56,58)/p+1. The zero-order valence-electron chi connectivity index (χ0n) is 33.3. The number of nitrogens with one attached hydrogen (secondary N) is 2. The number of carbonyl (C=O) groups is 4. The number of anilines is 1. The highest BCUT2D eigenvalue weighted by molar-refractivity contribution is 6.34. The summed E-state index contributed by atoms with van der Waals surface area (Å²) in [5.41, 5.74) is 1.67. The van der Waals surface area contributed by atoms with E-state index in [-0.39, 0.29) is 57.5 Å². The van der Waals surface area contributed by atoms with Crippen LogP contribution in [0.5, 0.6) is 0 Å². The van der Waals surface area contributed by atoms with E-state index in [0.717, 1.165) is 19.6 Å². The quantitative estimate of drug-likeness (QED) is 0.170. The lowest BCUT2D eigenvalue weighted by Gasteiger charge is -2.46. The molecule has 3 aliphatic rings. The number of piperidine rings is 1. The number of quaternary nitrogens is 1. The first-order chi connectivity index (χ1) is 28.3. The molecule has 15 nitrogen and oxygen atoms in total. The Balaban J connectivity index is 0.939. The van der Waals surface area contributed by atoms with E-state index in [1.165, 1.54) is 42.1 Å². The molecule has 7 rings (SSSR count). The first kappa shape index (κ1) is 41.9. The number of aromatic nitrogens is 4. The van der Waals surface area contributed by atoms with Crippen molar-refractivity contribution in [1.29, 1.82) is 0 Å². The minimum Gasteiger partial charge on any atom is -0.477 e. The molecule has 0 radical (unpaired) electrons. The number of aliphatic carboxylic acids is 1. The summed E-state index contributed by atoms with van der Waals surface area (Å²) in [5, 5.41) is 20.0. The molecular formula is C41H49ClF2N9O6+. The van der Waals surface area contributed by atoms with Gasteiger partial charge in [-0.1, -0.05) is 17.7 Å². The topological polar surface area (TPSA) is 164 Å². The number of aryl methyl sites for hydroxylation is 1. The van der Waals surface area contributed by atoms with Gasteiger partial charge in [-0.05, 0) is 31.2 Å². The maximum atomic E-state index is 15.6. The molecule has 59 heavy (non-hydrogen) atoms. The molecule has 0 spiro atoms. The van der Waals surface area contributed by atoms with Crippen molar-refractivity contribution in [3.8, 4) is 22.4 Å². The number of hydrogen-bond acceptors (Lipinski definition) is 8. The molecule has 3 amide bonds. The van der Waals surface area contributed by atoms with Gasteiger partial charge in [-0.15, -0.1) is 0 Å². The van der Waals surface area contributed by atoms with Crippen molar-refractivity contribution in [2.75, 3.05) is 84.5 Å². The zero-order chi connectivity index (χ0) is 42.0. The summed E-state index contributed by atoms with van der Waals surface area (Å²) in [5.74, 6) is -3.61. The number of carbonyl (C=O) groups excluding carboxylic acids is 3. The lowest BCUT2D eigenvalue weighted by Crippen LogP contribution is -2.62. The smallest absolute Gasteiger partial charge is 0.359 e. The number of amides is 3. The van der Waals surface area contributed by atoms with Gasteiger partial charge in [0.15, 0.2) is 24.0 Å². The summed E-state index contributed by atoms with van der Waals surface area (Å²) in [6.07, 6.45) is 4.21. The second kappa shape index (κ2) is 17.6. The monoisotopic (exact) mass is 836 g/mol. The number of piperazine rings is 1. The number of ether oxygens (including phenoxy) is 1. The first-order valence-corrected chi connectivity index (χ1v) is 20.1. The van der Waals surface area contributed by atoms with E-state index in [9.17, 15) is 24.3 Å². The van der Waals surface area contributed by atoms with Crippen LogP contribution in [0.25, 0.3) is 22.4 Å². The van der Waals surface area contributed by atoms with E-state index in [1.807, 2.05) is 0 Å². The van der Waals surface area contributed by atoms with Crippen LogP contribution in [-0.2, 0) is 27.9 Å². The third-order valence-corrected chi connectivity index (χ3v) is 12.2. The molecule has 0 aliphatic carbocycles. The highest BCUT2D eigenvalue weighted by Gasteiger charge is 2.42. The third-order valence-electron chi connectivity index (χ3n) is 11.9. The van der Waals surface area contributed by atoms with Crippen LogP contribution in [0.1, 0.15) is 39.5 Å². The minimum atomic E-state index is -1.09. The van der Waals surface area contributed by atoms with Gasteiger partial charge < -0.3 is 39.3 Å². The van der Waals surface area contributed by atoms with Gasteiger partial charge in [0.2, 0.25) is 5.91 Å². The summed E-state index contributed by atoms with van der Waals surface area (Å²) in [6, 6.07) is 7.43. The summed E-state index contributed by atoms with van der Waals surface area (Å²) < 4.78 is 39.6. The molecule has 314 valence electrons. The van der Waals surface area contributed by atoms with Crippen LogP contribution >= 0.6 is 11.6 Å². The molecule has 0 saturated carbocycles. The van der Waals surface area contributed by atoms with Crippen molar-refractivity contribution in [1.82, 2.24) is 34.4 Å². The molecule has 0 unspecified atom stereocenters. The van der Waals surface area contributed by atoms with Gasteiger partial charge in [-0.2, -0.15) is 5.10 Å². The second-order valence-electron chi connectivity index (χ2n) is 15.8. The zero-order valence-corrected chi connectivity index (χ0v) is 34.1. The van der Waals surface area contributed by atoms with Gasteiger partial charge in [0, 0.05) is 107 Å². The van der Waals surface area contributed by atoms with E-state index in [2.05, 4.69) is 20.7 Å². The summed E-state index contributed by atoms with van der Waals surface area (Å²) >= 11 is 6.58. The Bertz CT molecular complexity index is 2240. The van der Waals surface area contributed by atoms with Gasteiger partial charge in [0.05, 0.1) is 61.0 Å². The molecule has 3 saturated heterocycles. The van der Waals surface area contributed by atoms with Crippen LogP contribution in [-0.4, -0.2) is 142 Å². The minimum absolute atomic E-state index is 0.0530. The van der Waals surface area contributed by atoms with Crippen molar-refractivity contribution in [3.63, 3.8) is 0 Å². The summed E-state index contributed by atoms with van der Waals surface area (Å²) in [6.45, 7) is 8.02. The van der Waals surface area contributed by atoms with Gasteiger partial charge in [-0.25, -0.2) is 18.6 Å². The number of rotatable bonds is 13. The molecule has 3 aliphatic heterocycles. The van der Waals surface area contributed by atoms with E-state index in [1.54, 1.807) is 40.8 Å². The maximum absolute atomic E-state index is 15.6. The van der Waals surface area contributed by atoms with Crippen LogP contribution in [0, 0.1) is 30.4 Å². The van der Waals surface area contributed by atoms with Crippen LogP contribution in [0.4, 0.5) is 14.5 Å². The van der Waals surface area contributed by atoms with Crippen molar-refractivity contribution in [3.05, 3.63) is 76.5 Å². The number of imidazole rings is 1. The summed E-state index contributed by atoms with van der Waals surface area (Å²) in [7, 11) is 3.08. The number of nitrogens with zero attached hydrogens (tertiary/aromatic N) is 7. The fraction of sp³-hybridized carbons (Fsp3) is 0.463. The SMILES string of the molecule is COCCn1cc(-c2ccc(-c3cnc(C(=O)Nc4ccc(C(=O)N5CCN(C(=O)C6CC[N+](CC(=O)O)(CC7CNC7)CC6)CC5)c(Cl)c4)n3C)c(F)c2F)c(C)n1. The predicted octanol–water partition coefficient (Wildman–Crippen LogP) is 3.90. The molecule has 5 heterocycles. The Morgan fingerprint density at radius 3 is 2.32 bits per heavy atom. The predicted molar refractivity (Wildman–Crippen MR) is 215 cm³/mol. The van der Waals surface area contributed by atoms with Crippen LogP contribution in [0.15, 0.2) is 42.7 Å². The van der Waals surface area contributed by atoms with Crippen LogP contribution < -0.4 is 10.6 Å². The van der Waals surface area contributed by atoms with E-state index < -0.39 is 23.5 Å². The van der Waals surface area contributed by atoms with Gasteiger partial charge in [-0.3, -0.25) is 19.1 Å². The van der Waals surface area contributed by atoms with E-state index >= 15 is 8.78 Å². The van der Waals surface area contributed by atoms with E-state index in [0.29, 0.717) is 92.6 Å². The largest absolute Gasteiger partial charge is 0.477 e. The fourth-order valence-electron chi connectivity index (χ4n) is 8.50.